The monoisotopic (exact) mass is 216 g/mol. The Morgan fingerprint density at radius 2 is 2.25 bits per heavy atom. The number of nitrogens with one attached hydrogen (secondary N) is 1. The molecule has 16 heavy (non-hydrogen) atoms. The fraction of sp³-hybridized carbons (Fsp3) is 0.500. The molecule has 0 aliphatic carbocycles. The van der Waals surface area contributed by atoms with Crippen LogP contribution >= 0.6 is 0 Å². The van der Waals surface area contributed by atoms with Crippen LogP contribution in [0.5, 0.6) is 0 Å². The maximum atomic E-state index is 4.36. The highest BCUT2D eigenvalue weighted by Crippen LogP contribution is 2.25. The first-order valence-corrected chi connectivity index (χ1v) is 5.96. The van der Waals surface area contributed by atoms with Crippen LogP contribution in [-0.2, 0) is 0 Å². The van der Waals surface area contributed by atoms with E-state index in [9.17, 15) is 0 Å². The summed E-state index contributed by atoms with van der Waals surface area (Å²) in [6.45, 7) is 1.11. The van der Waals surface area contributed by atoms with Crippen LogP contribution in [0.15, 0.2) is 24.8 Å². The zero-order valence-electron chi connectivity index (χ0n) is 9.26. The van der Waals surface area contributed by atoms with Crippen LogP contribution in [0.3, 0.4) is 0 Å². The summed E-state index contributed by atoms with van der Waals surface area (Å²) in [6, 6.07) is 0.448. The van der Waals surface area contributed by atoms with E-state index < -0.39 is 0 Å². The van der Waals surface area contributed by atoms with Crippen LogP contribution in [0, 0.1) is 0 Å². The number of hydrogen-bond donors (Lipinski definition) is 1. The van der Waals surface area contributed by atoms with Gasteiger partial charge in [-0.05, 0) is 19.4 Å². The second kappa shape index (κ2) is 4.22. The molecule has 0 aromatic carbocycles. The highest BCUT2D eigenvalue weighted by atomic mass is 15.2. The minimum atomic E-state index is 0.448. The Labute approximate surface area is 94.7 Å². The van der Waals surface area contributed by atoms with Gasteiger partial charge in [-0.3, -0.25) is 4.98 Å². The average Bonchev–Trinajstić information content (AvgIpc) is 2.57. The number of fused-ring (bicyclic) bond motifs is 1. The molecule has 1 atom stereocenters. The normalized spacial score (nSPS) is 22.1. The summed E-state index contributed by atoms with van der Waals surface area (Å²) in [4.78, 5) is 4.18. The molecule has 0 bridgehead atoms. The zero-order valence-corrected chi connectivity index (χ0v) is 9.26. The maximum Gasteiger partial charge on any atom is 0.0892 e. The van der Waals surface area contributed by atoms with Crippen LogP contribution in [0.1, 0.15) is 37.3 Å². The molecule has 3 heterocycles. The predicted molar refractivity (Wildman–Crippen MR) is 62.2 cm³/mol. The third-order valence-electron chi connectivity index (χ3n) is 3.29. The first kappa shape index (κ1) is 9.78. The van der Waals surface area contributed by atoms with Gasteiger partial charge in [0.15, 0.2) is 0 Å². The second-order valence-electron chi connectivity index (χ2n) is 4.36. The summed E-state index contributed by atoms with van der Waals surface area (Å²) in [5.74, 6) is 0. The number of rotatable bonds is 1. The van der Waals surface area contributed by atoms with Gasteiger partial charge in [0, 0.05) is 24.0 Å². The smallest absolute Gasteiger partial charge is 0.0892 e. The van der Waals surface area contributed by atoms with Crippen molar-refractivity contribution in [2.24, 2.45) is 0 Å². The van der Waals surface area contributed by atoms with Gasteiger partial charge in [-0.15, -0.1) is 0 Å². The molecule has 0 radical (unpaired) electrons. The predicted octanol–water partition coefficient (Wildman–Crippen LogP) is 1.93. The third-order valence-corrected chi connectivity index (χ3v) is 3.29. The molecule has 0 amide bonds. The van der Waals surface area contributed by atoms with Gasteiger partial charge in [0.1, 0.15) is 0 Å². The Bertz CT molecular complexity index is 469. The number of nitrogens with zero attached hydrogens (tertiary/aromatic N) is 3. The van der Waals surface area contributed by atoms with Gasteiger partial charge in [0.25, 0.3) is 0 Å². The highest BCUT2D eigenvalue weighted by molar-refractivity contribution is 5.53. The lowest BCUT2D eigenvalue weighted by molar-refractivity contribution is 0.538. The second-order valence-corrected chi connectivity index (χ2v) is 4.36. The van der Waals surface area contributed by atoms with Gasteiger partial charge >= 0.3 is 0 Å². The highest BCUT2D eigenvalue weighted by Gasteiger charge is 2.17. The minimum Gasteiger partial charge on any atom is -0.310 e. The molecule has 2 aromatic rings. The topological polar surface area (TPSA) is 42.2 Å². The molecule has 2 aromatic heterocycles. The Morgan fingerprint density at radius 1 is 1.25 bits per heavy atom. The Balaban J connectivity index is 1.97. The first-order valence-electron chi connectivity index (χ1n) is 5.96. The van der Waals surface area contributed by atoms with Crippen molar-refractivity contribution in [1.82, 2.24) is 19.9 Å². The molecule has 4 nitrogen and oxygen atoms in total. The number of aromatic nitrogens is 3. The van der Waals surface area contributed by atoms with Gasteiger partial charge < -0.3 is 5.32 Å². The first-order chi connectivity index (χ1) is 7.95. The lowest BCUT2D eigenvalue weighted by Gasteiger charge is -2.14. The molecule has 0 saturated carbocycles. The summed E-state index contributed by atoms with van der Waals surface area (Å²) in [7, 11) is 0. The van der Waals surface area contributed by atoms with Crippen molar-refractivity contribution in [1.29, 1.82) is 0 Å². The van der Waals surface area contributed by atoms with Gasteiger partial charge in [0.2, 0.25) is 0 Å². The Morgan fingerprint density at radius 3 is 3.25 bits per heavy atom. The Kier molecular flexibility index (Phi) is 2.58. The summed E-state index contributed by atoms with van der Waals surface area (Å²) in [5, 5.41) is 7.96. The maximum absolute atomic E-state index is 4.36. The lowest BCUT2D eigenvalue weighted by Crippen LogP contribution is -2.20. The van der Waals surface area contributed by atoms with Crippen molar-refractivity contribution in [2.45, 2.75) is 31.7 Å². The van der Waals surface area contributed by atoms with Crippen molar-refractivity contribution >= 4 is 5.52 Å². The molecular formula is C12H16N4. The summed E-state index contributed by atoms with van der Waals surface area (Å²) >= 11 is 0. The number of hydrogen-bond acceptors (Lipinski definition) is 3. The van der Waals surface area contributed by atoms with Crippen molar-refractivity contribution in [3.8, 4) is 0 Å². The molecule has 4 heteroatoms. The molecule has 1 saturated heterocycles. The van der Waals surface area contributed by atoms with E-state index in [0.29, 0.717) is 6.04 Å². The van der Waals surface area contributed by atoms with Crippen LogP contribution in [0.2, 0.25) is 0 Å². The largest absolute Gasteiger partial charge is 0.310 e. The minimum absolute atomic E-state index is 0.448. The molecular weight excluding hydrogens is 200 g/mol. The van der Waals surface area contributed by atoms with E-state index in [1.54, 1.807) is 6.20 Å². The fourth-order valence-corrected chi connectivity index (χ4v) is 2.42. The van der Waals surface area contributed by atoms with E-state index >= 15 is 0 Å². The van der Waals surface area contributed by atoms with Crippen molar-refractivity contribution < 1.29 is 0 Å². The van der Waals surface area contributed by atoms with E-state index in [-0.39, 0.29) is 0 Å². The van der Waals surface area contributed by atoms with Gasteiger partial charge in [-0.2, -0.15) is 5.10 Å². The van der Waals surface area contributed by atoms with Crippen LogP contribution in [-0.4, -0.2) is 21.1 Å². The molecule has 84 valence electrons. The zero-order chi connectivity index (χ0) is 10.8. The molecule has 1 unspecified atom stereocenters. The quantitative estimate of drug-likeness (QED) is 0.792. The fourth-order valence-electron chi connectivity index (χ4n) is 2.42. The molecule has 1 fully saturated rings. The van der Waals surface area contributed by atoms with Crippen LogP contribution < -0.4 is 5.32 Å². The molecule has 1 N–H and O–H groups in total. The summed E-state index contributed by atoms with van der Waals surface area (Å²) in [5.41, 5.74) is 2.41. The van der Waals surface area contributed by atoms with E-state index in [0.717, 1.165) is 12.1 Å². The van der Waals surface area contributed by atoms with Gasteiger partial charge in [-0.25, -0.2) is 4.52 Å². The van der Waals surface area contributed by atoms with Crippen LogP contribution in [0.4, 0.5) is 0 Å². The van der Waals surface area contributed by atoms with E-state index in [1.165, 1.54) is 31.2 Å². The van der Waals surface area contributed by atoms with Gasteiger partial charge in [0.05, 0.1) is 17.9 Å². The summed E-state index contributed by atoms with van der Waals surface area (Å²) < 4.78 is 1.90. The third kappa shape index (κ3) is 1.69. The van der Waals surface area contributed by atoms with Crippen molar-refractivity contribution in [2.75, 3.05) is 6.54 Å². The molecule has 3 rings (SSSR count). The molecule has 1 aliphatic heterocycles. The molecule has 1 aliphatic rings. The van der Waals surface area contributed by atoms with Crippen molar-refractivity contribution in [3.05, 3.63) is 30.4 Å². The van der Waals surface area contributed by atoms with Crippen molar-refractivity contribution in [3.63, 3.8) is 0 Å². The lowest BCUT2D eigenvalue weighted by atomic mass is 10.0. The molecule has 0 spiro atoms. The summed E-state index contributed by atoms with van der Waals surface area (Å²) in [6.07, 6.45) is 12.7. The van der Waals surface area contributed by atoms with E-state index in [1.807, 2.05) is 23.1 Å². The average molecular weight is 216 g/mol. The van der Waals surface area contributed by atoms with Gasteiger partial charge in [-0.1, -0.05) is 12.8 Å². The standard InChI is InChI=1S/C12H16N4/c1-2-4-11(14-5-3-1)10-8-15-16-7-6-13-9-12(10)16/h6-9,11,14H,1-5H2. The van der Waals surface area contributed by atoms with E-state index in [4.69, 9.17) is 0 Å². The van der Waals surface area contributed by atoms with Crippen LogP contribution in [0.25, 0.3) is 5.52 Å². The SMILES string of the molecule is c1cn2ncc(C3CCCCCN3)c2cn1. The Hall–Kier alpha value is -1.42. The van der Waals surface area contributed by atoms with E-state index in [2.05, 4.69) is 15.4 Å².